The summed E-state index contributed by atoms with van der Waals surface area (Å²) in [4.78, 5) is 30.7. The molecule has 1 heterocycles. The van der Waals surface area contributed by atoms with Crippen molar-refractivity contribution in [3.05, 3.63) is 57.3 Å². The van der Waals surface area contributed by atoms with E-state index in [0.717, 1.165) is 31.2 Å². The van der Waals surface area contributed by atoms with Crippen LogP contribution in [0.15, 0.2) is 46.3 Å². The third-order valence-corrected chi connectivity index (χ3v) is 6.84. The van der Waals surface area contributed by atoms with Gasteiger partial charge in [0.1, 0.15) is 5.75 Å². The average molecular weight is 458 g/mol. The highest BCUT2D eigenvalue weighted by molar-refractivity contribution is 7.99. The van der Waals surface area contributed by atoms with Gasteiger partial charge in [0.05, 0.1) is 29.5 Å². The smallest absolute Gasteiger partial charge is 0.266 e. The van der Waals surface area contributed by atoms with E-state index in [1.807, 2.05) is 25.1 Å². The van der Waals surface area contributed by atoms with Crippen LogP contribution in [0.3, 0.4) is 0 Å². The molecule has 0 aliphatic heterocycles. The number of carbonyl (C=O) groups is 1. The fourth-order valence-corrected chi connectivity index (χ4v) is 4.85. The highest BCUT2D eigenvalue weighted by Crippen LogP contribution is 2.32. The van der Waals surface area contributed by atoms with Crippen LogP contribution in [-0.4, -0.2) is 34.4 Å². The molecule has 1 saturated carbocycles. The minimum Gasteiger partial charge on any atom is -0.495 e. The van der Waals surface area contributed by atoms with Crippen molar-refractivity contribution in [2.75, 3.05) is 12.9 Å². The quantitative estimate of drug-likeness (QED) is 0.435. The molecule has 1 fully saturated rings. The number of hydrogen-bond donors (Lipinski definition) is 1. The van der Waals surface area contributed by atoms with Crippen molar-refractivity contribution in [2.45, 2.75) is 43.8 Å². The van der Waals surface area contributed by atoms with Crippen LogP contribution in [0.2, 0.25) is 5.02 Å². The van der Waals surface area contributed by atoms with Gasteiger partial charge in [0.25, 0.3) is 5.56 Å². The van der Waals surface area contributed by atoms with E-state index in [4.69, 9.17) is 21.3 Å². The Morgan fingerprint density at radius 2 is 2.03 bits per heavy atom. The lowest BCUT2D eigenvalue weighted by Gasteiger charge is -2.17. The molecule has 4 rings (SSSR count). The number of fused-ring (bicyclic) bond motifs is 1. The van der Waals surface area contributed by atoms with Crippen LogP contribution >= 0.6 is 23.4 Å². The number of amides is 1. The van der Waals surface area contributed by atoms with Gasteiger partial charge in [-0.3, -0.25) is 14.2 Å². The fourth-order valence-electron chi connectivity index (χ4n) is 3.88. The van der Waals surface area contributed by atoms with Crippen molar-refractivity contribution in [1.82, 2.24) is 14.9 Å². The topological polar surface area (TPSA) is 73.2 Å². The predicted octanol–water partition coefficient (Wildman–Crippen LogP) is 4.51. The number of nitrogens with one attached hydrogen (secondary N) is 1. The Kier molecular flexibility index (Phi) is 6.53. The van der Waals surface area contributed by atoms with Crippen molar-refractivity contribution in [1.29, 1.82) is 0 Å². The Morgan fingerprint density at radius 1 is 1.29 bits per heavy atom. The second-order valence-electron chi connectivity index (χ2n) is 7.66. The number of nitrogens with zero attached hydrogens (tertiary/aromatic N) is 2. The Morgan fingerprint density at radius 3 is 2.77 bits per heavy atom. The van der Waals surface area contributed by atoms with E-state index in [-0.39, 0.29) is 23.3 Å². The SMILES string of the molecule is COc1cc(Cl)c(C)cc1-n1c(SCC(=O)NC2CCCC2)nc2ccccc2c1=O. The summed E-state index contributed by atoms with van der Waals surface area (Å²) < 4.78 is 7.02. The van der Waals surface area contributed by atoms with E-state index in [2.05, 4.69) is 5.32 Å². The van der Waals surface area contributed by atoms with Crippen molar-refractivity contribution in [2.24, 2.45) is 0 Å². The Labute approximate surface area is 190 Å². The molecule has 0 spiro atoms. The zero-order valence-electron chi connectivity index (χ0n) is 17.5. The summed E-state index contributed by atoms with van der Waals surface area (Å²) in [7, 11) is 1.53. The van der Waals surface area contributed by atoms with Gasteiger partial charge in [-0.2, -0.15) is 0 Å². The molecule has 6 nitrogen and oxygen atoms in total. The van der Waals surface area contributed by atoms with Crippen LogP contribution in [0.4, 0.5) is 0 Å². The first-order valence-electron chi connectivity index (χ1n) is 10.3. The lowest BCUT2D eigenvalue weighted by atomic mass is 10.2. The van der Waals surface area contributed by atoms with Crippen molar-refractivity contribution in [3.63, 3.8) is 0 Å². The van der Waals surface area contributed by atoms with Crippen LogP contribution in [-0.2, 0) is 4.79 Å². The lowest BCUT2D eigenvalue weighted by Crippen LogP contribution is -2.34. The molecule has 31 heavy (non-hydrogen) atoms. The summed E-state index contributed by atoms with van der Waals surface area (Å²) in [6, 6.07) is 10.9. The largest absolute Gasteiger partial charge is 0.495 e. The van der Waals surface area contributed by atoms with E-state index in [1.54, 1.807) is 18.2 Å². The summed E-state index contributed by atoms with van der Waals surface area (Å²) in [5.74, 6) is 0.591. The van der Waals surface area contributed by atoms with Crippen LogP contribution < -0.4 is 15.6 Å². The van der Waals surface area contributed by atoms with E-state index < -0.39 is 0 Å². The van der Waals surface area contributed by atoms with Crippen LogP contribution in [0.1, 0.15) is 31.2 Å². The number of carbonyl (C=O) groups excluding carboxylic acids is 1. The van der Waals surface area contributed by atoms with E-state index in [1.165, 1.54) is 23.4 Å². The van der Waals surface area contributed by atoms with Gasteiger partial charge < -0.3 is 10.1 Å². The third kappa shape index (κ3) is 4.57. The van der Waals surface area contributed by atoms with Gasteiger partial charge >= 0.3 is 0 Å². The summed E-state index contributed by atoms with van der Waals surface area (Å²) in [5, 5.41) is 4.56. The normalized spacial score (nSPS) is 14.2. The Bertz CT molecular complexity index is 1190. The van der Waals surface area contributed by atoms with Gasteiger partial charge in [0.2, 0.25) is 5.91 Å². The van der Waals surface area contributed by atoms with Gasteiger partial charge in [0.15, 0.2) is 5.16 Å². The monoisotopic (exact) mass is 457 g/mol. The van der Waals surface area contributed by atoms with Gasteiger partial charge in [-0.05, 0) is 43.5 Å². The van der Waals surface area contributed by atoms with Crippen molar-refractivity contribution >= 4 is 40.2 Å². The average Bonchev–Trinajstić information content (AvgIpc) is 3.27. The molecule has 1 aromatic heterocycles. The van der Waals surface area contributed by atoms with Gasteiger partial charge in [-0.1, -0.05) is 48.3 Å². The first-order valence-corrected chi connectivity index (χ1v) is 11.6. The number of para-hydroxylation sites is 1. The molecule has 0 unspecified atom stereocenters. The van der Waals surface area contributed by atoms with Crippen molar-refractivity contribution in [3.8, 4) is 11.4 Å². The molecular weight excluding hydrogens is 434 g/mol. The third-order valence-electron chi connectivity index (χ3n) is 5.50. The van der Waals surface area contributed by atoms with E-state index in [0.29, 0.717) is 32.5 Å². The standard InChI is InChI=1S/C23H24ClN3O3S/c1-14-11-19(20(30-2)12-17(14)24)27-22(29)16-9-5-6-10-18(16)26-23(27)31-13-21(28)25-15-7-3-4-8-15/h5-6,9-12,15H,3-4,7-8,13H2,1-2H3,(H,25,28). The van der Waals surface area contributed by atoms with Crippen LogP contribution in [0.5, 0.6) is 5.75 Å². The number of aromatic nitrogens is 2. The maximum Gasteiger partial charge on any atom is 0.266 e. The second-order valence-corrected chi connectivity index (χ2v) is 9.01. The number of aryl methyl sites for hydroxylation is 1. The molecule has 1 N–H and O–H groups in total. The molecule has 1 amide bonds. The molecule has 2 aromatic carbocycles. The fraction of sp³-hybridized carbons (Fsp3) is 0.348. The zero-order chi connectivity index (χ0) is 22.0. The summed E-state index contributed by atoms with van der Waals surface area (Å²) in [6.45, 7) is 1.87. The number of hydrogen-bond acceptors (Lipinski definition) is 5. The van der Waals surface area contributed by atoms with Gasteiger partial charge in [-0.25, -0.2) is 4.98 Å². The maximum atomic E-state index is 13.5. The van der Waals surface area contributed by atoms with Crippen LogP contribution in [0, 0.1) is 6.92 Å². The molecule has 0 atom stereocenters. The van der Waals surface area contributed by atoms with Crippen molar-refractivity contribution < 1.29 is 9.53 Å². The lowest BCUT2D eigenvalue weighted by molar-refractivity contribution is -0.119. The van der Waals surface area contributed by atoms with E-state index >= 15 is 0 Å². The molecule has 8 heteroatoms. The molecule has 162 valence electrons. The molecule has 0 radical (unpaired) electrons. The molecular formula is C23H24ClN3O3S. The molecule has 3 aromatic rings. The Balaban J connectivity index is 1.76. The first-order chi connectivity index (χ1) is 15.0. The number of methoxy groups -OCH3 is 1. The molecule has 0 bridgehead atoms. The predicted molar refractivity (Wildman–Crippen MR) is 125 cm³/mol. The Hall–Kier alpha value is -2.51. The zero-order valence-corrected chi connectivity index (χ0v) is 19.1. The number of rotatable bonds is 6. The highest BCUT2D eigenvalue weighted by Gasteiger charge is 2.20. The minimum atomic E-state index is -0.218. The molecule has 1 aliphatic carbocycles. The summed E-state index contributed by atoms with van der Waals surface area (Å²) >= 11 is 7.51. The number of halogens is 1. The van der Waals surface area contributed by atoms with Gasteiger partial charge in [0, 0.05) is 17.1 Å². The van der Waals surface area contributed by atoms with Crippen LogP contribution in [0.25, 0.3) is 16.6 Å². The number of ether oxygens (including phenoxy) is 1. The molecule has 1 aliphatic rings. The number of thioether (sulfide) groups is 1. The second kappa shape index (κ2) is 9.32. The minimum absolute atomic E-state index is 0.0508. The highest BCUT2D eigenvalue weighted by atomic mass is 35.5. The maximum absolute atomic E-state index is 13.5. The number of benzene rings is 2. The van der Waals surface area contributed by atoms with E-state index in [9.17, 15) is 9.59 Å². The molecule has 0 saturated heterocycles. The van der Waals surface area contributed by atoms with Gasteiger partial charge in [-0.15, -0.1) is 0 Å². The summed E-state index contributed by atoms with van der Waals surface area (Å²) in [6.07, 6.45) is 4.35. The first kappa shape index (κ1) is 21.7. The summed E-state index contributed by atoms with van der Waals surface area (Å²) in [5.41, 5.74) is 1.73.